The molecule has 8 nitrogen and oxygen atoms in total. The maximum absolute atomic E-state index is 12.6. The Hall–Kier alpha value is -3.90. The molecule has 0 saturated heterocycles. The van der Waals surface area contributed by atoms with E-state index >= 15 is 0 Å². The van der Waals surface area contributed by atoms with Crippen LogP contribution in [0.4, 0.5) is 5.82 Å². The largest absolute Gasteiger partial charge is 0.459 e. The number of hydrogen-bond acceptors (Lipinski definition) is 7. The molecule has 4 aromatic rings. The van der Waals surface area contributed by atoms with Crippen molar-refractivity contribution in [3.63, 3.8) is 0 Å². The van der Waals surface area contributed by atoms with Gasteiger partial charge >= 0.3 is 0 Å². The second kappa shape index (κ2) is 9.08. The Morgan fingerprint density at radius 3 is 2.72 bits per heavy atom. The number of carbonyl (C=O) groups is 1. The summed E-state index contributed by atoms with van der Waals surface area (Å²) in [6, 6.07) is 15.3. The smallest absolute Gasteiger partial charge is 0.263 e. The molecule has 1 aromatic carbocycles. The molecule has 32 heavy (non-hydrogen) atoms. The minimum Gasteiger partial charge on any atom is -0.459 e. The lowest BCUT2D eigenvalue weighted by atomic mass is 10.1. The van der Waals surface area contributed by atoms with Gasteiger partial charge in [-0.15, -0.1) is 11.3 Å². The van der Waals surface area contributed by atoms with Gasteiger partial charge in [0.05, 0.1) is 17.1 Å². The molecule has 0 unspecified atom stereocenters. The average Bonchev–Trinajstić information content (AvgIpc) is 3.48. The van der Waals surface area contributed by atoms with E-state index in [9.17, 15) is 10.1 Å². The van der Waals surface area contributed by atoms with Gasteiger partial charge in [-0.3, -0.25) is 4.79 Å². The van der Waals surface area contributed by atoms with Crippen molar-refractivity contribution >= 4 is 23.1 Å². The van der Waals surface area contributed by atoms with E-state index in [1.54, 1.807) is 4.68 Å². The number of benzene rings is 1. The number of nitriles is 1. The molecule has 0 bridgehead atoms. The van der Waals surface area contributed by atoms with Gasteiger partial charge in [-0.1, -0.05) is 18.2 Å². The molecule has 0 radical (unpaired) electrons. The average molecular weight is 447 g/mol. The van der Waals surface area contributed by atoms with Gasteiger partial charge in [-0.2, -0.15) is 10.4 Å². The molecule has 0 spiro atoms. The molecule has 3 aromatic heterocycles. The van der Waals surface area contributed by atoms with E-state index < -0.39 is 0 Å². The summed E-state index contributed by atoms with van der Waals surface area (Å²) in [5.74, 6) is 1.60. The van der Waals surface area contributed by atoms with Gasteiger partial charge in [0, 0.05) is 6.54 Å². The molecule has 9 heteroatoms. The predicted molar refractivity (Wildman–Crippen MR) is 123 cm³/mol. The highest BCUT2D eigenvalue weighted by Crippen LogP contribution is 2.29. The summed E-state index contributed by atoms with van der Waals surface area (Å²) in [6.45, 7) is 4.11. The van der Waals surface area contributed by atoms with Crippen LogP contribution in [-0.4, -0.2) is 27.2 Å². The number of para-hydroxylation sites is 1. The number of nitrogens with two attached hydrogens (primary N) is 1. The number of amides is 1. The fourth-order valence-corrected chi connectivity index (χ4v) is 4.29. The number of nitrogen functional groups attached to an aromatic ring is 1. The number of aryl methyl sites for hydroxylation is 3. The molecule has 4 rings (SSSR count). The van der Waals surface area contributed by atoms with Crippen molar-refractivity contribution in [3.05, 3.63) is 70.1 Å². The van der Waals surface area contributed by atoms with E-state index in [0.717, 1.165) is 11.4 Å². The zero-order chi connectivity index (χ0) is 22.7. The number of anilines is 1. The molecule has 0 aliphatic heterocycles. The Morgan fingerprint density at radius 2 is 2.03 bits per heavy atom. The van der Waals surface area contributed by atoms with Gasteiger partial charge in [-0.25, -0.2) is 9.67 Å². The van der Waals surface area contributed by atoms with E-state index in [1.165, 1.54) is 11.3 Å². The third-order valence-electron chi connectivity index (χ3n) is 4.94. The lowest BCUT2D eigenvalue weighted by molar-refractivity contribution is 0.0956. The van der Waals surface area contributed by atoms with Crippen molar-refractivity contribution in [2.24, 2.45) is 0 Å². The number of furan rings is 1. The molecule has 0 fully saturated rings. The fraction of sp³-hybridized carbons (Fsp3) is 0.217. The predicted octanol–water partition coefficient (Wildman–Crippen LogP) is 4.02. The Kier molecular flexibility index (Phi) is 6.05. The second-order valence-corrected chi connectivity index (χ2v) is 8.27. The Labute approximate surface area is 189 Å². The number of aromatic nitrogens is 3. The lowest BCUT2D eigenvalue weighted by Gasteiger charge is -2.03. The number of nitrogens with one attached hydrogen (secondary N) is 1. The molecule has 162 valence electrons. The highest BCUT2D eigenvalue weighted by Gasteiger charge is 2.19. The van der Waals surface area contributed by atoms with Crippen molar-refractivity contribution in [2.75, 3.05) is 12.3 Å². The van der Waals surface area contributed by atoms with Crippen molar-refractivity contribution in [1.29, 1.82) is 5.26 Å². The summed E-state index contributed by atoms with van der Waals surface area (Å²) in [7, 11) is 0. The monoisotopic (exact) mass is 446 g/mol. The first-order valence-corrected chi connectivity index (χ1v) is 10.9. The molecular weight excluding hydrogens is 424 g/mol. The number of rotatable bonds is 7. The number of hydrogen-bond donors (Lipinski definition) is 2. The maximum atomic E-state index is 12.6. The van der Waals surface area contributed by atoms with Crippen molar-refractivity contribution in [2.45, 2.75) is 26.7 Å². The van der Waals surface area contributed by atoms with Crippen LogP contribution in [0.2, 0.25) is 0 Å². The first-order valence-electron chi connectivity index (χ1n) is 10.1. The zero-order valence-electron chi connectivity index (χ0n) is 17.8. The minimum atomic E-state index is -0.177. The third kappa shape index (κ3) is 4.26. The van der Waals surface area contributed by atoms with Gasteiger partial charge in [0.15, 0.2) is 10.8 Å². The molecule has 3 N–H and O–H groups in total. The molecular formula is C23H22N6O2S. The van der Waals surface area contributed by atoms with Gasteiger partial charge in [0.1, 0.15) is 28.1 Å². The molecule has 3 heterocycles. The number of thiazole rings is 1. The zero-order valence-corrected chi connectivity index (χ0v) is 18.6. The fourth-order valence-electron chi connectivity index (χ4n) is 3.34. The highest BCUT2D eigenvalue weighted by atomic mass is 32.1. The molecule has 1 amide bonds. The molecule has 0 saturated carbocycles. The summed E-state index contributed by atoms with van der Waals surface area (Å²) in [5, 5.41) is 17.6. The summed E-state index contributed by atoms with van der Waals surface area (Å²) in [4.78, 5) is 17.6. The SMILES string of the molecule is Cc1ccc(-c2nc(C)c(C(=O)NCCCc3nn(-c4ccccc4)c(N)c3C#N)s2)o1. The molecule has 0 aliphatic rings. The van der Waals surface area contributed by atoms with E-state index in [4.69, 9.17) is 10.2 Å². The topological polar surface area (TPSA) is 123 Å². The first-order chi connectivity index (χ1) is 15.5. The van der Waals surface area contributed by atoms with E-state index in [-0.39, 0.29) is 5.91 Å². The number of carbonyl (C=O) groups excluding carboxylic acids is 1. The third-order valence-corrected chi connectivity index (χ3v) is 6.11. The summed E-state index contributed by atoms with van der Waals surface area (Å²) in [5.41, 5.74) is 8.59. The van der Waals surface area contributed by atoms with Gasteiger partial charge in [0.2, 0.25) is 0 Å². The summed E-state index contributed by atoms with van der Waals surface area (Å²) < 4.78 is 7.18. The summed E-state index contributed by atoms with van der Waals surface area (Å²) >= 11 is 1.31. The van der Waals surface area contributed by atoms with Crippen molar-refractivity contribution in [3.8, 4) is 22.5 Å². The Bertz CT molecular complexity index is 1300. The first kappa shape index (κ1) is 21.3. The van der Waals surface area contributed by atoms with Crippen LogP contribution in [0.3, 0.4) is 0 Å². The van der Waals surface area contributed by atoms with Crippen LogP contribution in [-0.2, 0) is 6.42 Å². The summed E-state index contributed by atoms with van der Waals surface area (Å²) in [6.07, 6.45) is 1.14. The van der Waals surface area contributed by atoms with Gasteiger partial charge in [-0.05, 0) is 51.0 Å². The number of nitrogens with zero attached hydrogens (tertiary/aromatic N) is 4. The normalized spacial score (nSPS) is 10.8. The van der Waals surface area contributed by atoms with Crippen molar-refractivity contribution in [1.82, 2.24) is 20.1 Å². The maximum Gasteiger partial charge on any atom is 0.263 e. The van der Waals surface area contributed by atoms with Crippen molar-refractivity contribution < 1.29 is 9.21 Å². The van der Waals surface area contributed by atoms with Crippen LogP contribution in [0, 0.1) is 25.2 Å². The van der Waals surface area contributed by atoms with Crippen LogP contribution in [0.5, 0.6) is 0 Å². The van der Waals surface area contributed by atoms with Crippen LogP contribution >= 0.6 is 11.3 Å². The van der Waals surface area contributed by atoms with Crippen LogP contribution in [0.15, 0.2) is 46.9 Å². The quantitative estimate of drug-likeness (QED) is 0.413. The highest BCUT2D eigenvalue weighted by molar-refractivity contribution is 7.17. The van der Waals surface area contributed by atoms with E-state index in [1.807, 2.05) is 56.3 Å². The van der Waals surface area contributed by atoms with E-state index in [2.05, 4.69) is 21.5 Å². The van der Waals surface area contributed by atoms with Gasteiger partial charge < -0.3 is 15.5 Å². The van der Waals surface area contributed by atoms with Gasteiger partial charge in [0.25, 0.3) is 5.91 Å². The van der Waals surface area contributed by atoms with E-state index in [0.29, 0.717) is 57.8 Å². The van der Waals surface area contributed by atoms with Crippen LogP contribution in [0.25, 0.3) is 16.5 Å². The lowest BCUT2D eigenvalue weighted by Crippen LogP contribution is -2.24. The molecule has 0 aliphatic carbocycles. The molecule has 0 atom stereocenters. The Balaban J connectivity index is 1.38. The second-order valence-electron chi connectivity index (χ2n) is 7.27. The standard InChI is InChI=1S/C23H22N6O2S/c1-14-10-11-19(31-14)23-27-15(2)20(32-23)22(30)26-12-6-9-18-17(13-24)21(25)29(28-18)16-7-4-3-5-8-16/h3-5,7-8,10-11H,6,9,12,25H2,1-2H3,(H,26,30). The minimum absolute atomic E-state index is 0.177. The Morgan fingerprint density at radius 1 is 1.25 bits per heavy atom. The van der Waals surface area contributed by atoms with Crippen LogP contribution in [0.1, 0.15) is 38.8 Å². The van der Waals surface area contributed by atoms with Crippen LogP contribution < -0.4 is 11.1 Å².